The second kappa shape index (κ2) is 7.28. The van der Waals surface area contributed by atoms with E-state index >= 15 is 0 Å². The summed E-state index contributed by atoms with van der Waals surface area (Å²) < 4.78 is 0. The van der Waals surface area contributed by atoms with Crippen LogP contribution in [-0.2, 0) is 11.2 Å². The van der Waals surface area contributed by atoms with Crippen LogP contribution < -0.4 is 0 Å². The van der Waals surface area contributed by atoms with E-state index in [0.29, 0.717) is 12.5 Å². The van der Waals surface area contributed by atoms with Crippen LogP contribution in [0.1, 0.15) is 43.2 Å². The molecule has 3 nitrogen and oxygen atoms in total. The van der Waals surface area contributed by atoms with E-state index in [1.807, 2.05) is 4.90 Å². The fourth-order valence-corrected chi connectivity index (χ4v) is 3.29. The van der Waals surface area contributed by atoms with Crippen LogP contribution in [-0.4, -0.2) is 35.1 Å². The Balaban J connectivity index is 1.96. The second-order valence-electron chi connectivity index (χ2n) is 6.30. The van der Waals surface area contributed by atoms with E-state index in [9.17, 15) is 9.90 Å². The van der Waals surface area contributed by atoms with E-state index in [1.165, 1.54) is 5.56 Å². The Labute approximate surface area is 131 Å². The molecule has 1 aromatic carbocycles. The number of hydrogen-bond acceptors (Lipinski definition) is 2. The molecule has 1 aliphatic heterocycles. The number of carboxylic acid groups (broad SMARTS) is 1. The van der Waals surface area contributed by atoms with Gasteiger partial charge in [-0.25, -0.2) is 0 Å². The summed E-state index contributed by atoms with van der Waals surface area (Å²) in [6, 6.07) is 8.03. The minimum absolute atomic E-state index is 0.155. The van der Waals surface area contributed by atoms with Crippen molar-refractivity contribution in [2.45, 2.75) is 44.5 Å². The SMILES string of the molecule is CC(C)Cc1ccc(C(Cl)CN2CCCC2C(=O)O)cc1. The first-order valence-electron chi connectivity index (χ1n) is 7.67. The number of carboxylic acids is 1. The number of likely N-dealkylation sites (tertiary alicyclic amines) is 1. The molecule has 2 unspecified atom stereocenters. The van der Waals surface area contributed by atoms with Crippen LogP contribution >= 0.6 is 11.6 Å². The van der Waals surface area contributed by atoms with Gasteiger partial charge in [0.2, 0.25) is 0 Å². The molecule has 4 heteroatoms. The third kappa shape index (κ3) is 4.45. The summed E-state index contributed by atoms with van der Waals surface area (Å²) in [7, 11) is 0. The van der Waals surface area contributed by atoms with Crippen molar-refractivity contribution >= 4 is 17.6 Å². The summed E-state index contributed by atoms with van der Waals surface area (Å²) in [5.74, 6) is -0.0905. The van der Waals surface area contributed by atoms with Gasteiger partial charge < -0.3 is 5.11 Å². The molecule has 0 radical (unpaired) electrons. The Hall–Kier alpha value is -1.06. The van der Waals surface area contributed by atoms with Crippen LogP contribution in [0.15, 0.2) is 24.3 Å². The zero-order valence-corrected chi connectivity index (χ0v) is 13.5. The van der Waals surface area contributed by atoms with E-state index < -0.39 is 5.97 Å². The standard InChI is InChI=1S/C17H24ClNO2/c1-12(2)10-13-5-7-14(8-6-13)15(18)11-19-9-3-4-16(19)17(20)21/h5-8,12,15-16H,3-4,9-11H2,1-2H3,(H,20,21). The van der Waals surface area contributed by atoms with Crippen LogP contribution in [0.4, 0.5) is 0 Å². The summed E-state index contributed by atoms with van der Waals surface area (Å²) >= 11 is 6.48. The molecule has 1 fully saturated rings. The van der Waals surface area contributed by atoms with E-state index in [1.54, 1.807) is 0 Å². The number of halogens is 1. The molecule has 0 spiro atoms. The molecule has 2 atom stereocenters. The van der Waals surface area contributed by atoms with Crippen molar-refractivity contribution in [3.8, 4) is 0 Å². The Kier molecular flexibility index (Phi) is 5.65. The van der Waals surface area contributed by atoms with Gasteiger partial charge in [-0.05, 0) is 42.9 Å². The zero-order chi connectivity index (χ0) is 15.4. The van der Waals surface area contributed by atoms with Crippen LogP contribution in [0.2, 0.25) is 0 Å². The number of hydrogen-bond donors (Lipinski definition) is 1. The van der Waals surface area contributed by atoms with Crippen molar-refractivity contribution in [3.05, 3.63) is 35.4 Å². The van der Waals surface area contributed by atoms with Gasteiger partial charge >= 0.3 is 5.97 Å². The van der Waals surface area contributed by atoms with Crippen LogP contribution in [0, 0.1) is 5.92 Å². The van der Waals surface area contributed by atoms with Crippen molar-refractivity contribution < 1.29 is 9.90 Å². The largest absolute Gasteiger partial charge is 0.480 e. The lowest BCUT2D eigenvalue weighted by atomic mass is 10.0. The Bertz CT molecular complexity index is 472. The maximum atomic E-state index is 11.2. The Morgan fingerprint density at radius 2 is 2.05 bits per heavy atom. The lowest BCUT2D eigenvalue weighted by Gasteiger charge is -2.24. The first-order valence-corrected chi connectivity index (χ1v) is 8.10. The molecule has 0 aliphatic carbocycles. The average molecular weight is 310 g/mol. The quantitative estimate of drug-likeness (QED) is 0.814. The lowest BCUT2D eigenvalue weighted by molar-refractivity contribution is -0.142. The van der Waals surface area contributed by atoms with E-state index in [4.69, 9.17) is 11.6 Å². The fraction of sp³-hybridized carbons (Fsp3) is 0.588. The molecular weight excluding hydrogens is 286 g/mol. The Morgan fingerprint density at radius 3 is 2.62 bits per heavy atom. The van der Waals surface area contributed by atoms with Gasteiger partial charge in [0.25, 0.3) is 0 Å². The highest BCUT2D eigenvalue weighted by molar-refractivity contribution is 6.21. The predicted octanol–water partition coefficient (Wildman–Crippen LogP) is 3.71. The minimum atomic E-state index is -0.733. The van der Waals surface area contributed by atoms with Crippen LogP contribution in [0.3, 0.4) is 0 Å². The van der Waals surface area contributed by atoms with E-state index in [-0.39, 0.29) is 11.4 Å². The van der Waals surface area contributed by atoms with Gasteiger partial charge in [-0.2, -0.15) is 0 Å². The zero-order valence-electron chi connectivity index (χ0n) is 12.8. The molecule has 1 aliphatic rings. The number of rotatable bonds is 6. The van der Waals surface area contributed by atoms with E-state index in [0.717, 1.165) is 31.4 Å². The third-order valence-electron chi connectivity index (χ3n) is 4.03. The lowest BCUT2D eigenvalue weighted by Crippen LogP contribution is -2.37. The number of benzene rings is 1. The first-order chi connectivity index (χ1) is 9.97. The molecule has 1 N–H and O–H groups in total. The second-order valence-corrected chi connectivity index (χ2v) is 6.83. The van der Waals surface area contributed by atoms with Crippen LogP contribution in [0.25, 0.3) is 0 Å². The smallest absolute Gasteiger partial charge is 0.320 e. The molecule has 0 aromatic heterocycles. The maximum absolute atomic E-state index is 11.2. The molecule has 0 bridgehead atoms. The molecule has 21 heavy (non-hydrogen) atoms. The van der Waals surface area contributed by atoms with Gasteiger partial charge in [-0.3, -0.25) is 9.69 Å². The number of alkyl halides is 1. The molecule has 1 heterocycles. The highest BCUT2D eigenvalue weighted by Gasteiger charge is 2.31. The van der Waals surface area contributed by atoms with Gasteiger partial charge in [0.15, 0.2) is 0 Å². The highest BCUT2D eigenvalue weighted by atomic mass is 35.5. The van der Waals surface area contributed by atoms with Crippen molar-refractivity contribution in [1.82, 2.24) is 4.90 Å². The van der Waals surface area contributed by atoms with E-state index in [2.05, 4.69) is 38.1 Å². The van der Waals surface area contributed by atoms with Crippen molar-refractivity contribution in [2.24, 2.45) is 5.92 Å². The summed E-state index contributed by atoms with van der Waals surface area (Å²) in [5, 5.41) is 9.05. The fourth-order valence-electron chi connectivity index (χ4n) is 2.97. The first kappa shape index (κ1) is 16.3. The summed E-state index contributed by atoms with van der Waals surface area (Å²) in [6.45, 7) is 5.84. The van der Waals surface area contributed by atoms with Gasteiger partial charge in [0.05, 0.1) is 5.38 Å². The minimum Gasteiger partial charge on any atom is -0.480 e. The average Bonchev–Trinajstić information content (AvgIpc) is 2.87. The highest BCUT2D eigenvalue weighted by Crippen LogP contribution is 2.27. The van der Waals surface area contributed by atoms with Gasteiger partial charge in [0.1, 0.15) is 6.04 Å². The van der Waals surface area contributed by atoms with Crippen molar-refractivity contribution in [2.75, 3.05) is 13.1 Å². The molecule has 2 rings (SSSR count). The molecule has 1 saturated heterocycles. The molecule has 0 amide bonds. The molecule has 1 aromatic rings. The predicted molar refractivity (Wildman–Crippen MR) is 85.8 cm³/mol. The summed E-state index contributed by atoms with van der Waals surface area (Å²) in [5.41, 5.74) is 2.39. The normalized spacial score (nSPS) is 20.9. The number of aliphatic carboxylic acids is 1. The maximum Gasteiger partial charge on any atom is 0.320 e. The topological polar surface area (TPSA) is 40.5 Å². The molecular formula is C17H24ClNO2. The van der Waals surface area contributed by atoms with Crippen molar-refractivity contribution in [1.29, 1.82) is 0 Å². The molecule has 0 saturated carbocycles. The number of carbonyl (C=O) groups is 1. The third-order valence-corrected chi connectivity index (χ3v) is 4.42. The monoisotopic (exact) mass is 309 g/mol. The summed E-state index contributed by atoms with van der Waals surface area (Å²) in [4.78, 5) is 13.2. The number of nitrogens with zero attached hydrogens (tertiary/aromatic N) is 1. The van der Waals surface area contributed by atoms with Crippen LogP contribution in [0.5, 0.6) is 0 Å². The Morgan fingerprint density at radius 1 is 1.38 bits per heavy atom. The van der Waals surface area contributed by atoms with Crippen molar-refractivity contribution in [3.63, 3.8) is 0 Å². The van der Waals surface area contributed by atoms with Gasteiger partial charge in [0, 0.05) is 6.54 Å². The molecule has 116 valence electrons. The van der Waals surface area contributed by atoms with Gasteiger partial charge in [-0.1, -0.05) is 38.1 Å². The van der Waals surface area contributed by atoms with Gasteiger partial charge in [-0.15, -0.1) is 11.6 Å². The summed E-state index contributed by atoms with van der Waals surface area (Å²) in [6.07, 6.45) is 2.74.